The van der Waals surface area contributed by atoms with Crippen LogP contribution in [0.25, 0.3) is 0 Å². The van der Waals surface area contributed by atoms with Crippen LogP contribution in [-0.2, 0) is 17.8 Å². The van der Waals surface area contributed by atoms with E-state index in [2.05, 4.69) is 83.9 Å². The predicted molar refractivity (Wildman–Crippen MR) is 129 cm³/mol. The number of rotatable bonds is 8. The van der Waals surface area contributed by atoms with Crippen molar-refractivity contribution >= 4 is 5.91 Å². The Morgan fingerprint density at radius 3 is 2.69 bits per heavy atom. The van der Waals surface area contributed by atoms with Crippen molar-refractivity contribution in [2.45, 2.75) is 39.3 Å². The average Bonchev–Trinajstić information content (AvgIpc) is 2.81. The Bertz CT molecular complexity index is 1050. The first kappa shape index (κ1) is 22.1. The van der Waals surface area contributed by atoms with Crippen molar-refractivity contribution in [3.63, 3.8) is 0 Å². The molecule has 0 radical (unpaired) electrons. The Balaban J connectivity index is 1.61. The summed E-state index contributed by atoms with van der Waals surface area (Å²) in [5.74, 6) is 0.666. The van der Waals surface area contributed by atoms with Crippen molar-refractivity contribution in [1.29, 1.82) is 0 Å². The van der Waals surface area contributed by atoms with Gasteiger partial charge in [0, 0.05) is 19.6 Å². The summed E-state index contributed by atoms with van der Waals surface area (Å²) in [4.78, 5) is 14.5. The Kier molecular flexibility index (Phi) is 7.23. The van der Waals surface area contributed by atoms with E-state index < -0.39 is 0 Å². The van der Waals surface area contributed by atoms with Gasteiger partial charge in [0.25, 0.3) is 5.91 Å². The maximum atomic E-state index is 12.0. The number of benzene rings is 3. The molecule has 0 unspecified atom stereocenters. The predicted octanol–water partition coefficient (Wildman–Crippen LogP) is 5.05. The van der Waals surface area contributed by atoms with Gasteiger partial charge in [0.1, 0.15) is 5.75 Å². The van der Waals surface area contributed by atoms with E-state index in [-0.39, 0.29) is 18.6 Å². The summed E-state index contributed by atoms with van der Waals surface area (Å²) >= 11 is 0. The van der Waals surface area contributed by atoms with Gasteiger partial charge in [-0.2, -0.15) is 0 Å². The molecule has 0 saturated carbocycles. The summed E-state index contributed by atoms with van der Waals surface area (Å²) in [6.45, 7) is 6.80. The zero-order valence-electron chi connectivity index (χ0n) is 19.0. The fourth-order valence-electron chi connectivity index (χ4n) is 4.44. The molecule has 1 atom stereocenters. The molecule has 1 N–H and O–H groups in total. The molecule has 0 aliphatic carbocycles. The van der Waals surface area contributed by atoms with Crippen molar-refractivity contribution < 1.29 is 9.53 Å². The lowest BCUT2D eigenvalue weighted by Crippen LogP contribution is -2.35. The molecule has 0 bridgehead atoms. The summed E-state index contributed by atoms with van der Waals surface area (Å²) in [5.41, 5.74) is 6.50. The van der Waals surface area contributed by atoms with Gasteiger partial charge in [-0.25, -0.2) is 0 Å². The number of fused-ring (bicyclic) bond motifs is 1. The minimum Gasteiger partial charge on any atom is -0.484 e. The highest BCUT2D eigenvalue weighted by Crippen LogP contribution is 2.38. The van der Waals surface area contributed by atoms with Crippen molar-refractivity contribution in [3.8, 4) is 5.75 Å². The second kappa shape index (κ2) is 10.5. The molecule has 1 amide bonds. The van der Waals surface area contributed by atoms with Crippen LogP contribution in [0.2, 0.25) is 0 Å². The third kappa shape index (κ3) is 5.38. The van der Waals surface area contributed by atoms with Gasteiger partial charge in [0.15, 0.2) is 6.61 Å². The van der Waals surface area contributed by atoms with Gasteiger partial charge in [-0.1, -0.05) is 73.2 Å². The third-order valence-corrected chi connectivity index (χ3v) is 5.97. The summed E-state index contributed by atoms with van der Waals surface area (Å²) in [7, 11) is 0. The molecule has 1 heterocycles. The molecular formula is C28H32N2O2. The normalized spacial score (nSPS) is 15.8. The number of carbonyl (C=O) groups is 1. The van der Waals surface area contributed by atoms with Crippen LogP contribution >= 0.6 is 0 Å². The van der Waals surface area contributed by atoms with E-state index in [9.17, 15) is 4.79 Å². The van der Waals surface area contributed by atoms with E-state index in [1.807, 2.05) is 13.0 Å². The first-order chi connectivity index (χ1) is 15.6. The average molecular weight is 429 g/mol. The first-order valence-electron chi connectivity index (χ1n) is 11.5. The molecule has 3 aromatic carbocycles. The number of hydrogen-bond acceptors (Lipinski definition) is 3. The quantitative estimate of drug-likeness (QED) is 0.546. The summed E-state index contributed by atoms with van der Waals surface area (Å²) in [6, 6.07) is 25.9. The molecule has 4 heteroatoms. The van der Waals surface area contributed by atoms with Gasteiger partial charge in [0.05, 0.1) is 6.04 Å². The minimum absolute atomic E-state index is 0.0434. The molecule has 1 aliphatic heterocycles. The molecule has 0 saturated heterocycles. The highest BCUT2D eigenvalue weighted by Gasteiger charge is 2.29. The Labute approximate surface area is 191 Å². The number of carbonyl (C=O) groups excluding carboxylic acids is 1. The molecule has 0 fully saturated rings. The maximum Gasteiger partial charge on any atom is 0.257 e. The van der Waals surface area contributed by atoms with E-state index in [1.165, 1.54) is 27.8 Å². The van der Waals surface area contributed by atoms with Crippen LogP contribution in [0.4, 0.5) is 0 Å². The van der Waals surface area contributed by atoms with Crippen LogP contribution < -0.4 is 10.1 Å². The van der Waals surface area contributed by atoms with Crippen LogP contribution in [0.15, 0.2) is 72.8 Å². The number of hydrogen-bond donors (Lipinski definition) is 1. The second-order valence-corrected chi connectivity index (χ2v) is 8.52. The third-order valence-electron chi connectivity index (χ3n) is 5.97. The molecular weight excluding hydrogens is 396 g/mol. The Morgan fingerprint density at radius 1 is 1.06 bits per heavy atom. The van der Waals surface area contributed by atoms with E-state index in [1.54, 1.807) is 0 Å². The van der Waals surface area contributed by atoms with E-state index in [0.717, 1.165) is 31.7 Å². The fourth-order valence-corrected chi connectivity index (χ4v) is 4.44. The molecule has 0 aromatic heterocycles. The fraction of sp³-hybridized carbons (Fsp3) is 0.321. The summed E-state index contributed by atoms with van der Waals surface area (Å²) in [5, 5.41) is 2.87. The van der Waals surface area contributed by atoms with Crippen molar-refractivity contribution in [2.75, 3.05) is 19.7 Å². The van der Waals surface area contributed by atoms with Crippen LogP contribution in [0.5, 0.6) is 5.75 Å². The number of nitrogens with zero attached hydrogens (tertiary/aromatic N) is 1. The number of aryl methyl sites for hydroxylation is 1. The molecule has 3 aromatic rings. The molecule has 1 aliphatic rings. The molecule has 4 rings (SSSR count). The summed E-state index contributed by atoms with van der Waals surface area (Å²) < 4.78 is 5.85. The van der Waals surface area contributed by atoms with Gasteiger partial charge in [-0.05, 0) is 54.2 Å². The minimum atomic E-state index is -0.0785. The molecule has 0 spiro atoms. The highest BCUT2D eigenvalue weighted by molar-refractivity contribution is 5.77. The largest absolute Gasteiger partial charge is 0.484 e. The van der Waals surface area contributed by atoms with Gasteiger partial charge >= 0.3 is 0 Å². The van der Waals surface area contributed by atoms with Crippen molar-refractivity contribution in [2.24, 2.45) is 0 Å². The first-order valence-corrected chi connectivity index (χ1v) is 11.5. The Morgan fingerprint density at radius 2 is 1.91 bits per heavy atom. The van der Waals surface area contributed by atoms with Crippen molar-refractivity contribution in [3.05, 3.63) is 101 Å². The van der Waals surface area contributed by atoms with Crippen LogP contribution in [-0.4, -0.2) is 30.5 Å². The highest BCUT2D eigenvalue weighted by atomic mass is 16.5. The number of amides is 1. The lowest BCUT2D eigenvalue weighted by Gasteiger charge is -2.38. The van der Waals surface area contributed by atoms with Crippen LogP contribution in [0.1, 0.15) is 47.2 Å². The number of ether oxygens (including phenoxy) is 1. The van der Waals surface area contributed by atoms with E-state index in [4.69, 9.17) is 4.74 Å². The molecule has 4 nitrogen and oxygen atoms in total. The zero-order valence-corrected chi connectivity index (χ0v) is 19.0. The standard InChI is InChI=1S/C28H32N2O2/c1-3-15-29-27(31)20-32-25-13-12-23-14-16-30(19-22-9-7-8-21(2)17-22)28(26(23)18-25)24-10-5-4-6-11-24/h4-13,17-18,28H,3,14-16,19-20H2,1-2H3,(H,29,31)/t28-/m0/s1. The van der Waals surface area contributed by atoms with E-state index >= 15 is 0 Å². The van der Waals surface area contributed by atoms with Gasteiger partial charge in [-0.15, -0.1) is 0 Å². The van der Waals surface area contributed by atoms with Gasteiger partial charge in [-0.3, -0.25) is 9.69 Å². The van der Waals surface area contributed by atoms with E-state index in [0.29, 0.717) is 6.54 Å². The van der Waals surface area contributed by atoms with Crippen LogP contribution in [0, 0.1) is 6.92 Å². The molecule has 32 heavy (non-hydrogen) atoms. The molecule has 166 valence electrons. The van der Waals surface area contributed by atoms with Crippen molar-refractivity contribution in [1.82, 2.24) is 10.2 Å². The maximum absolute atomic E-state index is 12.0. The second-order valence-electron chi connectivity index (χ2n) is 8.52. The summed E-state index contributed by atoms with van der Waals surface area (Å²) in [6.07, 6.45) is 1.92. The van der Waals surface area contributed by atoms with Gasteiger partial charge in [0.2, 0.25) is 0 Å². The number of nitrogens with one attached hydrogen (secondary N) is 1. The zero-order chi connectivity index (χ0) is 22.3. The lowest BCUT2D eigenvalue weighted by atomic mass is 9.87. The lowest BCUT2D eigenvalue weighted by molar-refractivity contribution is -0.123. The van der Waals surface area contributed by atoms with Crippen LogP contribution in [0.3, 0.4) is 0 Å². The monoisotopic (exact) mass is 428 g/mol. The smallest absolute Gasteiger partial charge is 0.257 e. The topological polar surface area (TPSA) is 41.6 Å². The van der Waals surface area contributed by atoms with Gasteiger partial charge < -0.3 is 10.1 Å². The Hall–Kier alpha value is -3.11. The SMILES string of the molecule is CCCNC(=O)COc1ccc2c(c1)[C@H](c1ccccc1)N(Cc1cccc(C)c1)CC2.